The fraction of sp³-hybridized carbons (Fsp3) is 0.538. The number of aromatic hydroxyl groups is 1. The molecular weight excluding hydrogens is 234 g/mol. The van der Waals surface area contributed by atoms with Gasteiger partial charge in [-0.3, -0.25) is 9.59 Å². The van der Waals surface area contributed by atoms with Crippen molar-refractivity contribution in [2.45, 2.75) is 33.7 Å². The number of nitrogens with zero attached hydrogens (tertiary/aromatic N) is 1. The van der Waals surface area contributed by atoms with E-state index in [2.05, 4.69) is 0 Å². The number of aromatic nitrogens is 1. The van der Waals surface area contributed by atoms with Crippen LogP contribution in [0, 0.1) is 5.92 Å². The molecule has 100 valence electrons. The van der Waals surface area contributed by atoms with Crippen LogP contribution in [0.15, 0.2) is 17.1 Å². The van der Waals surface area contributed by atoms with Crippen molar-refractivity contribution in [1.29, 1.82) is 0 Å². The molecule has 0 unspecified atom stereocenters. The molecule has 0 fully saturated rings. The first-order valence-corrected chi connectivity index (χ1v) is 6.05. The van der Waals surface area contributed by atoms with E-state index in [1.54, 1.807) is 24.6 Å². The number of carbonyl (C=O) groups is 1. The lowest BCUT2D eigenvalue weighted by atomic mass is 10.2. The van der Waals surface area contributed by atoms with Crippen molar-refractivity contribution < 1.29 is 14.6 Å². The Morgan fingerprint density at radius 2 is 2.17 bits per heavy atom. The van der Waals surface area contributed by atoms with Crippen molar-refractivity contribution in [2.75, 3.05) is 6.61 Å². The van der Waals surface area contributed by atoms with Gasteiger partial charge in [-0.15, -0.1) is 0 Å². The fourth-order valence-corrected chi connectivity index (χ4v) is 1.60. The summed E-state index contributed by atoms with van der Waals surface area (Å²) in [6, 6.07) is 1.30. The van der Waals surface area contributed by atoms with Crippen LogP contribution in [-0.2, 0) is 22.5 Å². The van der Waals surface area contributed by atoms with E-state index in [1.807, 2.05) is 6.92 Å². The van der Waals surface area contributed by atoms with E-state index in [1.165, 1.54) is 6.07 Å². The number of carbonyl (C=O) groups excluding carboxylic acids is 1. The second-order valence-corrected chi connectivity index (χ2v) is 4.34. The van der Waals surface area contributed by atoms with E-state index in [0.717, 1.165) is 0 Å². The molecule has 1 heterocycles. The van der Waals surface area contributed by atoms with Gasteiger partial charge >= 0.3 is 5.97 Å². The highest BCUT2D eigenvalue weighted by atomic mass is 16.5. The van der Waals surface area contributed by atoms with Crippen LogP contribution in [0.1, 0.15) is 26.5 Å². The summed E-state index contributed by atoms with van der Waals surface area (Å²) in [5.41, 5.74) is 0.172. The summed E-state index contributed by atoms with van der Waals surface area (Å²) in [5.74, 6) is -0.633. The zero-order chi connectivity index (χ0) is 13.7. The van der Waals surface area contributed by atoms with Gasteiger partial charge in [0.15, 0.2) is 5.75 Å². The van der Waals surface area contributed by atoms with Crippen molar-refractivity contribution in [3.05, 3.63) is 28.2 Å². The zero-order valence-electron chi connectivity index (χ0n) is 11.0. The molecule has 0 radical (unpaired) electrons. The Hall–Kier alpha value is -1.78. The maximum absolute atomic E-state index is 11.3. The molecule has 0 spiro atoms. The lowest BCUT2D eigenvalue weighted by Gasteiger charge is -2.14. The number of rotatable bonds is 5. The second-order valence-electron chi connectivity index (χ2n) is 4.34. The van der Waals surface area contributed by atoms with Gasteiger partial charge in [0.1, 0.15) is 6.61 Å². The van der Waals surface area contributed by atoms with Gasteiger partial charge in [0, 0.05) is 12.3 Å². The van der Waals surface area contributed by atoms with E-state index >= 15 is 0 Å². The molecule has 0 saturated carbocycles. The maximum Gasteiger partial charge on any atom is 0.308 e. The highest BCUT2D eigenvalue weighted by molar-refractivity contribution is 5.71. The SMILES string of the molecule is CCc1c(O)c(=O)ccn1CCOC(=O)C(C)C. The molecule has 0 aliphatic rings. The van der Waals surface area contributed by atoms with E-state index in [9.17, 15) is 14.7 Å². The molecule has 0 aromatic carbocycles. The fourth-order valence-electron chi connectivity index (χ4n) is 1.60. The van der Waals surface area contributed by atoms with Gasteiger partial charge in [0.25, 0.3) is 0 Å². The average molecular weight is 253 g/mol. The summed E-state index contributed by atoms with van der Waals surface area (Å²) in [5, 5.41) is 9.63. The predicted octanol–water partition coefficient (Wildman–Crippen LogP) is 1.32. The van der Waals surface area contributed by atoms with Gasteiger partial charge in [-0.2, -0.15) is 0 Å². The molecule has 1 aromatic heterocycles. The van der Waals surface area contributed by atoms with Crippen LogP contribution in [-0.4, -0.2) is 22.2 Å². The molecule has 1 aromatic rings. The Balaban J connectivity index is 2.71. The lowest BCUT2D eigenvalue weighted by molar-refractivity contribution is -0.147. The molecule has 0 aliphatic heterocycles. The Morgan fingerprint density at radius 1 is 1.50 bits per heavy atom. The Kier molecular flexibility index (Phi) is 4.95. The smallest absolute Gasteiger partial charge is 0.308 e. The first-order valence-electron chi connectivity index (χ1n) is 6.05. The summed E-state index contributed by atoms with van der Waals surface area (Å²) in [4.78, 5) is 22.6. The minimum Gasteiger partial charge on any atom is -0.503 e. The molecule has 0 saturated heterocycles. The van der Waals surface area contributed by atoms with Crippen LogP contribution < -0.4 is 5.43 Å². The highest BCUT2D eigenvalue weighted by Crippen LogP contribution is 2.11. The summed E-state index contributed by atoms with van der Waals surface area (Å²) in [6.07, 6.45) is 2.14. The van der Waals surface area contributed by atoms with Gasteiger partial charge in [0.05, 0.1) is 18.2 Å². The van der Waals surface area contributed by atoms with Crippen LogP contribution in [0.4, 0.5) is 0 Å². The van der Waals surface area contributed by atoms with Gasteiger partial charge in [-0.1, -0.05) is 20.8 Å². The molecule has 5 heteroatoms. The van der Waals surface area contributed by atoms with E-state index in [-0.39, 0.29) is 29.7 Å². The normalized spacial score (nSPS) is 10.7. The van der Waals surface area contributed by atoms with Crippen LogP contribution >= 0.6 is 0 Å². The Labute approximate surface area is 106 Å². The first-order chi connectivity index (χ1) is 8.47. The quantitative estimate of drug-likeness (QED) is 0.803. The summed E-state index contributed by atoms with van der Waals surface area (Å²) < 4.78 is 6.78. The summed E-state index contributed by atoms with van der Waals surface area (Å²) >= 11 is 0. The van der Waals surface area contributed by atoms with E-state index in [0.29, 0.717) is 18.7 Å². The average Bonchev–Trinajstić information content (AvgIpc) is 2.33. The standard InChI is InChI=1S/C13H19NO4/c1-4-10-12(16)11(15)5-6-14(10)7-8-18-13(17)9(2)3/h5-6,9,16H,4,7-8H2,1-3H3. The second kappa shape index (κ2) is 6.23. The third-order valence-corrected chi connectivity index (χ3v) is 2.64. The van der Waals surface area contributed by atoms with Gasteiger partial charge < -0.3 is 14.4 Å². The highest BCUT2D eigenvalue weighted by Gasteiger charge is 2.10. The van der Waals surface area contributed by atoms with Crippen LogP contribution in [0.25, 0.3) is 0 Å². The molecular formula is C13H19NO4. The zero-order valence-corrected chi connectivity index (χ0v) is 11.0. The molecule has 0 aliphatic carbocycles. The minimum absolute atomic E-state index is 0.155. The van der Waals surface area contributed by atoms with Crippen molar-refractivity contribution in [2.24, 2.45) is 5.92 Å². The van der Waals surface area contributed by atoms with Crippen LogP contribution in [0.3, 0.4) is 0 Å². The molecule has 5 nitrogen and oxygen atoms in total. The van der Waals surface area contributed by atoms with Crippen molar-refractivity contribution in [3.63, 3.8) is 0 Å². The predicted molar refractivity (Wildman–Crippen MR) is 67.5 cm³/mol. The number of esters is 1. The first kappa shape index (κ1) is 14.3. The topological polar surface area (TPSA) is 68.5 Å². The Morgan fingerprint density at radius 3 is 2.72 bits per heavy atom. The lowest BCUT2D eigenvalue weighted by Crippen LogP contribution is -2.18. The summed E-state index contributed by atoms with van der Waals surface area (Å²) in [7, 11) is 0. The van der Waals surface area contributed by atoms with Gasteiger partial charge in [-0.25, -0.2) is 0 Å². The number of pyridine rings is 1. The molecule has 18 heavy (non-hydrogen) atoms. The van der Waals surface area contributed by atoms with E-state index in [4.69, 9.17) is 4.74 Å². The number of hydrogen-bond acceptors (Lipinski definition) is 4. The third kappa shape index (κ3) is 3.35. The maximum atomic E-state index is 11.3. The Bertz CT molecular complexity index is 476. The van der Waals surface area contributed by atoms with Crippen molar-refractivity contribution >= 4 is 5.97 Å². The van der Waals surface area contributed by atoms with Crippen molar-refractivity contribution in [1.82, 2.24) is 4.57 Å². The summed E-state index contributed by atoms with van der Waals surface area (Å²) in [6.45, 7) is 6.04. The largest absolute Gasteiger partial charge is 0.503 e. The number of hydrogen-bond donors (Lipinski definition) is 1. The third-order valence-electron chi connectivity index (χ3n) is 2.64. The number of ether oxygens (including phenoxy) is 1. The van der Waals surface area contributed by atoms with Crippen molar-refractivity contribution in [3.8, 4) is 5.75 Å². The molecule has 1 rings (SSSR count). The molecule has 0 atom stereocenters. The molecule has 1 N–H and O–H groups in total. The van der Waals surface area contributed by atoms with Gasteiger partial charge in [0.2, 0.25) is 5.43 Å². The van der Waals surface area contributed by atoms with Crippen LogP contribution in [0.2, 0.25) is 0 Å². The van der Waals surface area contributed by atoms with Gasteiger partial charge in [-0.05, 0) is 6.42 Å². The van der Waals surface area contributed by atoms with E-state index < -0.39 is 0 Å². The monoisotopic (exact) mass is 253 g/mol. The molecule has 0 bridgehead atoms. The molecule has 0 amide bonds. The van der Waals surface area contributed by atoms with Crippen LogP contribution in [0.5, 0.6) is 5.75 Å². The minimum atomic E-state index is -0.387.